The van der Waals surface area contributed by atoms with E-state index < -0.39 is 17.6 Å². The number of nitrogens with zero attached hydrogens (tertiary/aromatic N) is 1. The number of carboxylic acid groups (broad SMARTS) is 1. The molecule has 1 heterocycles. The quantitative estimate of drug-likeness (QED) is 0.755. The van der Waals surface area contributed by atoms with Crippen molar-refractivity contribution in [2.24, 2.45) is 5.16 Å². The van der Waals surface area contributed by atoms with Crippen LogP contribution < -0.4 is 5.32 Å². The number of amides is 1. The first-order chi connectivity index (χ1) is 8.01. The van der Waals surface area contributed by atoms with Crippen molar-refractivity contribution >= 4 is 17.6 Å². The highest BCUT2D eigenvalue weighted by atomic mass is 16.6. The Morgan fingerprint density at radius 1 is 1.59 bits per heavy atom. The van der Waals surface area contributed by atoms with Gasteiger partial charge in [-0.05, 0) is 26.2 Å². The lowest BCUT2D eigenvalue weighted by atomic mass is 9.74. The Hall–Kier alpha value is -1.59. The van der Waals surface area contributed by atoms with Gasteiger partial charge in [-0.1, -0.05) is 5.16 Å². The molecule has 0 spiro atoms. The Balaban J connectivity index is 1.91. The third kappa shape index (κ3) is 2.57. The van der Waals surface area contributed by atoms with Gasteiger partial charge in [0.05, 0.1) is 17.7 Å². The SMILES string of the molecule is CC1=NOC(C(=O)NC2(CC(=O)O)CCC2)C1. The number of carbonyl (C=O) groups is 2. The van der Waals surface area contributed by atoms with E-state index in [0.29, 0.717) is 6.42 Å². The van der Waals surface area contributed by atoms with Crippen molar-refractivity contribution < 1.29 is 19.5 Å². The van der Waals surface area contributed by atoms with Crippen LogP contribution in [0.2, 0.25) is 0 Å². The molecule has 1 fully saturated rings. The van der Waals surface area contributed by atoms with Crippen molar-refractivity contribution in [3.05, 3.63) is 0 Å². The first-order valence-corrected chi connectivity index (χ1v) is 5.74. The van der Waals surface area contributed by atoms with E-state index in [2.05, 4.69) is 10.5 Å². The predicted molar refractivity (Wildman–Crippen MR) is 59.6 cm³/mol. The van der Waals surface area contributed by atoms with E-state index in [1.54, 1.807) is 6.92 Å². The Morgan fingerprint density at radius 3 is 2.71 bits per heavy atom. The molecule has 0 bridgehead atoms. The van der Waals surface area contributed by atoms with Crippen molar-refractivity contribution in [1.29, 1.82) is 0 Å². The van der Waals surface area contributed by atoms with Crippen molar-refractivity contribution in [3.8, 4) is 0 Å². The summed E-state index contributed by atoms with van der Waals surface area (Å²) in [5.74, 6) is -1.14. The van der Waals surface area contributed by atoms with Crippen LogP contribution >= 0.6 is 0 Å². The Labute approximate surface area is 99.0 Å². The van der Waals surface area contributed by atoms with E-state index in [0.717, 1.165) is 25.0 Å². The Kier molecular flexibility index (Phi) is 3.04. The number of carbonyl (C=O) groups excluding carboxylic acids is 1. The maximum Gasteiger partial charge on any atom is 0.305 e. The molecule has 6 nitrogen and oxygen atoms in total. The molecule has 2 aliphatic rings. The van der Waals surface area contributed by atoms with Gasteiger partial charge in [0.2, 0.25) is 6.10 Å². The number of rotatable bonds is 4. The van der Waals surface area contributed by atoms with E-state index >= 15 is 0 Å². The zero-order chi connectivity index (χ0) is 12.5. The second kappa shape index (κ2) is 4.35. The molecule has 1 aliphatic carbocycles. The number of hydrogen-bond donors (Lipinski definition) is 2. The highest BCUT2D eigenvalue weighted by Gasteiger charge is 2.42. The van der Waals surface area contributed by atoms with Crippen LogP contribution in [0.5, 0.6) is 0 Å². The van der Waals surface area contributed by atoms with Crippen molar-refractivity contribution in [3.63, 3.8) is 0 Å². The van der Waals surface area contributed by atoms with Crippen molar-refractivity contribution in [2.75, 3.05) is 0 Å². The van der Waals surface area contributed by atoms with Crippen LogP contribution in [0.25, 0.3) is 0 Å². The summed E-state index contributed by atoms with van der Waals surface area (Å²) in [7, 11) is 0. The minimum atomic E-state index is -0.884. The van der Waals surface area contributed by atoms with Crippen molar-refractivity contribution in [2.45, 2.75) is 50.7 Å². The topological polar surface area (TPSA) is 88.0 Å². The number of hydrogen-bond acceptors (Lipinski definition) is 4. The van der Waals surface area contributed by atoms with Gasteiger partial charge in [-0.15, -0.1) is 0 Å². The molecule has 1 unspecified atom stereocenters. The van der Waals surface area contributed by atoms with E-state index in [9.17, 15) is 9.59 Å². The minimum absolute atomic E-state index is 0.0225. The largest absolute Gasteiger partial charge is 0.481 e. The fraction of sp³-hybridized carbons (Fsp3) is 0.727. The molecule has 94 valence electrons. The van der Waals surface area contributed by atoms with E-state index in [-0.39, 0.29) is 12.3 Å². The molecule has 1 saturated carbocycles. The number of aliphatic carboxylic acids is 1. The normalized spacial score (nSPS) is 25.5. The standard InChI is InChI=1S/C11H16N2O4/c1-7-5-8(17-13-7)10(16)12-11(3-2-4-11)6-9(14)15/h8H,2-6H2,1H3,(H,12,16)(H,14,15). The maximum atomic E-state index is 11.9. The van der Waals surface area contributed by atoms with Crippen LogP contribution in [0, 0.1) is 0 Å². The molecular weight excluding hydrogens is 224 g/mol. The summed E-state index contributed by atoms with van der Waals surface area (Å²) in [6, 6.07) is 0. The first kappa shape index (κ1) is 11.9. The molecular formula is C11H16N2O4. The van der Waals surface area contributed by atoms with Crippen LogP contribution in [0.3, 0.4) is 0 Å². The van der Waals surface area contributed by atoms with Crippen molar-refractivity contribution in [1.82, 2.24) is 5.32 Å². The Morgan fingerprint density at radius 2 is 2.29 bits per heavy atom. The average Bonchev–Trinajstić information content (AvgIpc) is 2.60. The molecule has 1 amide bonds. The van der Waals surface area contributed by atoms with E-state index in [1.165, 1.54) is 0 Å². The van der Waals surface area contributed by atoms with Crippen LogP contribution in [0.1, 0.15) is 39.0 Å². The number of nitrogens with one attached hydrogen (secondary N) is 1. The molecule has 17 heavy (non-hydrogen) atoms. The lowest BCUT2D eigenvalue weighted by Gasteiger charge is -2.41. The van der Waals surface area contributed by atoms with Gasteiger partial charge in [0.15, 0.2) is 0 Å². The third-order valence-electron chi connectivity index (χ3n) is 3.30. The summed E-state index contributed by atoms with van der Waals surface area (Å²) < 4.78 is 0. The molecule has 0 aromatic carbocycles. The smallest absolute Gasteiger partial charge is 0.305 e. The van der Waals surface area contributed by atoms with Crippen LogP contribution in [-0.2, 0) is 14.4 Å². The van der Waals surface area contributed by atoms with Gasteiger partial charge in [-0.2, -0.15) is 0 Å². The van der Waals surface area contributed by atoms with E-state index in [4.69, 9.17) is 9.94 Å². The molecule has 0 aromatic rings. The first-order valence-electron chi connectivity index (χ1n) is 5.74. The van der Waals surface area contributed by atoms with Gasteiger partial charge < -0.3 is 15.3 Å². The molecule has 0 radical (unpaired) electrons. The molecule has 2 rings (SSSR count). The van der Waals surface area contributed by atoms with Gasteiger partial charge in [0.1, 0.15) is 0 Å². The fourth-order valence-corrected chi connectivity index (χ4v) is 2.22. The second-order valence-corrected chi connectivity index (χ2v) is 4.82. The molecule has 1 atom stereocenters. The monoisotopic (exact) mass is 240 g/mol. The number of carboxylic acids is 1. The molecule has 6 heteroatoms. The summed E-state index contributed by atoms with van der Waals surface area (Å²) in [6.07, 6.45) is 2.26. The van der Waals surface area contributed by atoms with Gasteiger partial charge in [-0.3, -0.25) is 9.59 Å². The van der Waals surface area contributed by atoms with Crippen LogP contribution in [-0.4, -0.2) is 34.3 Å². The number of oxime groups is 1. The second-order valence-electron chi connectivity index (χ2n) is 4.82. The third-order valence-corrected chi connectivity index (χ3v) is 3.30. The van der Waals surface area contributed by atoms with Crippen LogP contribution in [0.15, 0.2) is 5.16 Å². The minimum Gasteiger partial charge on any atom is -0.481 e. The summed E-state index contributed by atoms with van der Waals surface area (Å²) in [5, 5.41) is 15.3. The highest BCUT2D eigenvalue weighted by molar-refractivity contribution is 5.92. The van der Waals surface area contributed by atoms with E-state index in [1.807, 2.05) is 0 Å². The fourth-order valence-electron chi connectivity index (χ4n) is 2.22. The molecule has 0 saturated heterocycles. The highest BCUT2D eigenvalue weighted by Crippen LogP contribution is 2.35. The molecule has 0 aromatic heterocycles. The maximum absolute atomic E-state index is 11.9. The summed E-state index contributed by atoms with van der Waals surface area (Å²) in [5.41, 5.74) is 0.217. The summed E-state index contributed by atoms with van der Waals surface area (Å²) >= 11 is 0. The lowest BCUT2D eigenvalue weighted by Crippen LogP contribution is -2.57. The molecule has 1 aliphatic heterocycles. The summed E-state index contributed by atoms with van der Waals surface area (Å²) in [6.45, 7) is 1.80. The lowest BCUT2D eigenvalue weighted by molar-refractivity contribution is -0.142. The van der Waals surface area contributed by atoms with Gasteiger partial charge in [0.25, 0.3) is 5.91 Å². The molecule has 2 N–H and O–H groups in total. The van der Waals surface area contributed by atoms with Gasteiger partial charge >= 0.3 is 5.97 Å². The predicted octanol–water partition coefficient (Wildman–Crippen LogP) is 0.665. The van der Waals surface area contributed by atoms with Gasteiger partial charge in [0, 0.05) is 6.42 Å². The zero-order valence-electron chi connectivity index (χ0n) is 9.73. The summed E-state index contributed by atoms with van der Waals surface area (Å²) in [4.78, 5) is 27.6. The van der Waals surface area contributed by atoms with Crippen LogP contribution in [0.4, 0.5) is 0 Å². The zero-order valence-corrected chi connectivity index (χ0v) is 9.73. The Bertz CT molecular complexity index is 374. The van der Waals surface area contributed by atoms with Gasteiger partial charge in [-0.25, -0.2) is 0 Å². The average molecular weight is 240 g/mol.